The summed E-state index contributed by atoms with van der Waals surface area (Å²) in [4.78, 5) is 0. The molecule has 0 N–H and O–H groups in total. The summed E-state index contributed by atoms with van der Waals surface area (Å²) < 4.78 is 41.3. The highest BCUT2D eigenvalue weighted by Gasteiger charge is 2.57. The summed E-state index contributed by atoms with van der Waals surface area (Å²) in [7, 11) is 0. The van der Waals surface area contributed by atoms with Crippen LogP contribution in [0.4, 0.5) is 13.2 Å². The van der Waals surface area contributed by atoms with Crippen LogP contribution in [-0.4, -0.2) is 0 Å². The normalized spacial score (nSPS) is 30.0. The molecule has 0 radical (unpaired) electrons. The lowest BCUT2D eigenvalue weighted by Crippen LogP contribution is -2.47. The zero-order valence-electron chi connectivity index (χ0n) is 15.6. The summed E-state index contributed by atoms with van der Waals surface area (Å²) in [6.07, 6.45) is 13.9. The Balaban J connectivity index is 1.86. The maximum absolute atomic E-state index is 13.8. The number of hydrogen-bond donors (Lipinski definition) is 0. The average Bonchev–Trinajstić information content (AvgIpc) is 2.66. The van der Waals surface area contributed by atoms with E-state index in [4.69, 9.17) is 0 Å². The van der Waals surface area contributed by atoms with Crippen molar-refractivity contribution in [2.75, 3.05) is 0 Å². The fraction of sp³-hybridized carbons (Fsp3) is 0.200. The van der Waals surface area contributed by atoms with Gasteiger partial charge in [-0.3, -0.25) is 0 Å². The predicted octanol–water partition coefficient (Wildman–Crippen LogP) is 6.97. The monoisotopic (exact) mass is 376 g/mol. The van der Waals surface area contributed by atoms with Crippen molar-refractivity contribution in [3.8, 4) is 0 Å². The molecule has 0 aliphatic heterocycles. The number of alkyl halides is 3. The van der Waals surface area contributed by atoms with Gasteiger partial charge in [0, 0.05) is 10.8 Å². The van der Waals surface area contributed by atoms with Gasteiger partial charge in [0.2, 0.25) is 0 Å². The van der Waals surface area contributed by atoms with Crippen molar-refractivity contribution in [1.82, 2.24) is 0 Å². The summed E-state index contributed by atoms with van der Waals surface area (Å²) in [6, 6.07) is 5.89. The summed E-state index contributed by atoms with van der Waals surface area (Å²) in [5.74, 6) is 0. The molecule has 0 nitrogen and oxygen atoms in total. The van der Waals surface area contributed by atoms with E-state index in [-0.39, 0.29) is 11.0 Å². The Kier molecular flexibility index (Phi) is 3.32. The maximum Gasteiger partial charge on any atom is 0.417 e. The second kappa shape index (κ2) is 5.38. The second-order valence-corrected chi connectivity index (χ2v) is 8.02. The Morgan fingerprint density at radius 2 is 1.39 bits per heavy atom. The van der Waals surface area contributed by atoms with Gasteiger partial charge in [0.15, 0.2) is 0 Å². The van der Waals surface area contributed by atoms with E-state index in [1.54, 1.807) is 12.1 Å². The van der Waals surface area contributed by atoms with Gasteiger partial charge < -0.3 is 0 Å². The Morgan fingerprint density at radius 3 is 2.11 bits per heavy atom. The van der Waals surface area contributed by atoms with Gasteiger partial charge >= 0.3 is 6.18 Å². The topological polar surface area (TPSA) is 0 Å². The summed E-state index contributed by atoms with van der Waals surface area (Å²) in [5.41, 5.74) is 3.89. The predicted molar refractivity (Wildman–Crippen MR) is 106 cm³/mol. The minimum absolute atomic E-state index is 0.241. The fourth-order valence-electron chi connectivity index (χ4n) is 5.22. The molecule has 3 heteroatoms. The number of rotatable bonds is 1. The van der Waals surface area contributed by atoms with Gasteiger partial charge in [-0.2, -0.15) is 13.2 Å². The summed E-state index contributed by atoms with van der Waals surface area (Å²) in [6.45, 7) is 4.37. The quantitative estimate of drug-likeness (QED) is 0.496. The third-order valence-electron chi connectivity index (χ3n) is 6.92. The van der Waals surface area contributed by atoms with Gasteiger partial charge in [-0.15, -0.1) is 0 Å². The highest BCUT2D eigenvalue weighted by molar-refractivity contribution is 5.90. The van der Waals surface area contributed by atoms with E-state index >= 15 is 0 Å². The molecule has 0 bridgehead atoms. The molecule has 4 aliphatic carbocycles. The van der Waals surface area contributed by atoms with Gasteiger partial charge in [0.25, 0.3) is 0 Å². The molecule has 2 atom stereocenters. The molecule has 0 fully saturated rings. The molecule has 140 valence electrons. The van der Waals surface area contributed by atoms with Crippen molar-refractivity contribution in [3.05, 3.63) is 112 Å². The third kappa shape index (κ3) is 1.97. The molecule has 0 amide bonds. The molecule has 1 aromatic carbocycles. The molecule has 0 saturated carbocycles. The van der Waals surface area contributed by atoms with Crippen LogP contribution in [0.1, 0.15) is 25.0 Å². The van der Waals surface area contributed by atoms with E-state index in [0.717, 1.165) is 16.7 Å². The van der Waals surface area contributed by atoms with Crippen LogP contribution in [0.2, 0.25) is 0 Å². The third-order valence-corrected chi connectivity index (χ3v) is 6.92. The number of allylic oxidation sites excluding steroid dienone is 14. The minimum Gasteiger partial charge on any atom is -0.166 e. The molecule has 0 aromatic heterocycles. The highest BCUT2D eigenvalue weighted by atomic mass is 19.4. The Bertz CT molecular complexity index is 1110. The molecule has 1 aromatic rings. The molecule has 0 spiro atoms. The standard InChI is InChI=1S/C25H19F3/c1-23-16-7-5-9-18(23)15-20(19-10-3-4-11-22(19)25(26,27)28)21-12-6-8-17(14-13-16)24(21,23)2/h3-15H,1-2H3/t23-,24-/m1/s1. The van der Waals surface area contributed by atoms with E-state index in [9.17, 15) is 13.2 Å². The van der Waals surface area contributed by atoms with Crippen LogP contribution < -0.4 is 0 Å². The van der Waals surface area contributed by atoms with E-state index in [2.05, 4.69) is 38.2 Å². The van der Waals surface area contributed by atoms with Crippen molar-refractivity contribution in [1.29, 1.82) is 0 Å². The molecule has 28 heavy (non-hydrogen) atoms. The Morgan fingerprint density at radius 1 is 0.750 bits per heavy atom. The molecule has 0 unspecified atom stereocenters. The largest absolute Gasteiger partial charge is 0.417 e. The second-order valence-electron chi connectivity index (χ2n) is 8.02. The van der Waals surface area contributed by atoms with E-state index in [1.165, 1.54) is 17.7 Å². The van der Waals surface area contributed by atoms with Crippen molar-refractivity contribution in [3.63, 3.8) is 0 Å². The minimum atomic E-state index is -4.40. The average molecular weight is 376 g/mol. The van der Waals surface area contributed by atoms with Crippen molar-refractivity contribution < 1.29 is 13.2 Å². The van der Waals surface area contributed by atoms with Crippen molar-refractivity contribution in [2.45, 2.75) is 20.0 Å². The highest BCUT2D eigenvalue weighted by Crippen LogP contribution is 2.67. The van der Waals surface area contributed by atoms with Gasteiger partial charge in [-0.05, 0) is 45.6 Å². The Hall–Kier alpha value is -2.81. The number of halogens is 3. The summed E-state index contributed by atoms with van der Waals surface area (Å²) in [5, 5.41) is 0. The van der Waals surface area contributed by atoms with Crippen LogP contribution in [0, 0.1) is 10.8 Å². The van der Waals surface area contributed by atoms with Crippen LogP contribution in [-0.2, 0) is 6.18 Å². The zero-order chi connectivity index (χ0) is 19.7. The molecule has 5 rings (SSSR count). The lowest BCUT2D eigenvalue weighted by molar-refractivity contribution is -0.137. The van der Waals surface area contributed by atoms with Crippen LogP contribution in [0.5, 0.6) is 0 Å². The maximum atomic E-state index is 13.8. The van der Waals surface area contributed by atoms with Gasteiger partial charge in [0.1, 0.15) is 0 Å². The van der Waals surface area contributed by atoms with E-state index < -0.39 is 17.2 Å². The first-order valence-corrected chi connectivity index (χ1v) is 9.37. The smallest absolute Gasteiger partial charge is 0.166 e. The van der Waals surface area contributed by atoms with Crippen molar-refractivity contribution >= 4 is 5.57 Å². The Labute approximate surface area is 162 Å². The molecule has 0 saturated heterocycles. The van der Waals surface area contributed by atoms with Crippen LogP contribution >= 0.6 is 0 Å². The number of benzene rings is 1. The zero-order valence-corrected chi connectivity index (χ0v) is 15.6. The number of hydrogen-bond acceptors (Lipinski definition) is 0. The SMILES string of the molecule is C[C@@]12C3=CC=C4C=CC=C(C(c5ccccc5C(F)(F)F)=CC1=CC=C3)[C@@]42C. The van der Waals surface area contributed by atoms with Crippen LogP contribution in [0.3, 0.4) is 0 Å². The summed E-state index contributed by atoms with van der Waals surface area (Å²) >= 11 is 0. The van der Waals surface area contributed by atoms with E-state index in [1.807, 2.05) is 30.4 Å². The molecule has 0 heterocycles. The first-order valence-electron chi connectivity index (χ1n) is 9.37. The lowest BCUT2D eigenvalue weighted by atomic mass is 9.45. The van der Waals surface area contributed by atoms with Gasteiger partial charge in [-0.1, -0.05) is 80.7 Å². The first kappa shape index (κ1) is 17.3. The van der Waals surface area contributed by atoms with Crippen molar-refractivity contribution in [2.24, 2.45) is 10.8 Å². The molecular formula is C25H19F3. The lowest BCUT2D eigenvalue weighted by Gasteiger charge is -2.57. The first-order chi connectivity index (χ1) is 13.3. The van der Waals surface area contributed by atoms with E-state index in [0.29, 0.717) is 5.57 Å². The van der Waals surface area contributed by atoms with Crippen LogP contribution in [0.25, 0.3) is 5.57 Å². The molecular weight excluding hydrogens is 357 g/mol. The van der Waals surface area contributed by atoms with Gasteiger partial charge in [-0.25, -0.2) is 0 Å². The molecule has 4 aliphatic rings. The van der Waals surface area contributed by atoms with Crippen LogP contribution in [0.15, 0.2) is 101 Å². The fourth-order valence-corrected chi connectivity index (χ4v) is 5.22. The van der Waals surface area contributed by atoms with Gasteiger partial charge in [0.05, 0.1) is 5.56 Å².